The summed E-state index contributed by atoms with van der Waals surface area (Å²) in [6.45, 7) is 4.01. The summed E-state index contributed by atoms with van der Waals surface area (Å²) in [6, 6.07) is 7.27. The van der Waals surface area contributed by atoms with Crippen molar-refractivity contribution in [3.05, 3.63) is 36.9 Å². The fourth-order valence-corrected chi connectivity index (χ4v) is 1.70. The van der Waals surface area contributed by atoms with Gasteiger partial charge in [-0.05, 0) is 30.2 Å². The van der Waals surface area contributed by atoms with Crippen molar-refractivity contribution in [3.8, 4) is 5.69 Å². The third-order valence-electron chi connectivity index (χ3n) is 3.11. The molecule has 0 aliphatic rings. The number of anilines is 1. The van der Waals surface area contributed by atoms with Gasteiger partial charge in [0, 0.05) is 18.2 Å². The van der Waals surface area contributed by atoms with Crippen LogP contribution in [0.2, 0.25) is 0 Å². The number of carbonyl (C=O) groups excluding carboxylic acids is 1. The van der Waals surface area contributed by atoms with Crippen LogP contribution in [0.4, 0.5) is 5.69 Å². The van der Waals surface area contributed by atoms with E-state index in [1.807, 2.05) is 38.1 Å². The predicted octanol–water partition coefficient (Wildman–Crippen LogP) is 1.58. The predicted molar refractivity (Wildman–Crippen MR) is 77.4 cm³/mol. The highest BCUT2D eigenvalue weighted by Gasteiger charge is 2.12. The molecule has 1 unspecified atom stereocenters. The van der Waals surface area contributed by atoms with Gasteiger partial charge < -0.3 is 11.1 Å². The number of aromatic nitrogens is 3. The first kappa shape index (κ1) is 14.2. The van der Waals surface area contributed by atoms with Crippen LogP contribution in [0, 0.1) is 5.92 Å². The first-order valence-electron chi connectivity index (χ1n) is 6.57. The van der Waals surface area contributed by atoms with Gasteiger partial charge in [-0.25, -0.2) is 9.67 Å². The molecular weight excluding hydrogens is 254 g/mol. The lowest BCUT2D eigenvalue weighted by molar-refractivity contribution is -0.116. The topological polar surface area (TPSA) is 85.8 Å². The van der Waals surface area contributed by atoms with E-state index in [0.29, 0.717) is 6.42 Å². The van der Waals surface area contributed by atoms with E-state index < -0.39 is 0 Å². The van der Waals surface area contributed by atoms with Crippen molar-refractivity contribution >= 4 is 11.6 Å². The highest BCUT2D eigenvalue weighted by atomic mass is 16.1. The Kier molecular flexibility index (Phi) is 4.47. The van der Waals surface area contributed by atoms with E-state index in [0.717, 1.165) is 11.4 Å². The Morgan fingerprint density at radius 3 is 2.60 bits per heavy atom. The van der Waals surface area contributed by atoms with Crippen molar-refractivity contribution in [2.75, 3.05) is 5.32 Å². The summed E-state index contributed by atoms with van der Waals surface area (Å²) in [5.74, 6) is 0.218. The minimum Gasteiger partial charge on any atom is -0.327 e. The van der Waals surface area contributed by atoms with Gasteiger partial charge in [-0.15, -0.1) is 0 Å². The molecule has 20 heavy (non-hydrogen) atoms. The molecule has 0 fully saturated rings. The number of rotatable bonds is 5. The fourth-order valence-electron chi connectivity index (χ4n) is 1.70. The molecule has 0 saturated heterocycles. The summed E-state index contributed by atoms with van der Waals surface area (Å²) in [4.78, 5) is 15.7. The summed E-state index contributed by atoms with van der Waals surface area (Å²) < 4.78 is 1.65. The Morgan fingerprint density at radius 1 is 1.35 bits per heavy atom. The van der Waals surface area contributed by atoms with Crippen LogP contribution in [0.25, 0.3) is 5.69 Å². The summed E-state index contributed by atoms with van der Waals surface area (Å²) >= 11 is 0. The maximum absolute atomic E-state index is 11.8. The van der Waals surface area contributed by atoms with Crippen LogP contribution in [0.1, 0.15) is 20.3 Å². The third-order valence-corrected chi connectivity index (χ3v) is 3.11. The minimum absolute atomic E-state index is 0.0697. The Balaban J connectivity index is 1.95. The van der Waals surface area contributed by atoms with Crippen LogP contribution in [0.5, 0.6) is 0 Å². The highest BCUT2D eigenvalue weighted by Crippen LogP contribution is 2.13. The van der Waals surface area contributed by atoms with Gasteiger partial charge in [0.1, 0.15) is 12.7 Å². The first-order valence-corrected chi connectivity index (χ1v) is 6.57. The smallest absolute Gasteiger partial charge is 0.225 e. The lowest BCUT2D eigenvalue weighted by Crippen LogP contribution is -2.31. The Bertz CT molecular complexity index is 547. The minimum atomic E-state index is -0.121. The molecule has 2 aromatic rings. The van der Waals surface area contributed by atoms with Crippen LogP contribution >= 0.6 is 0 Å². The summed E-state index contributed by atoms with van der Waals surface area (Å²) in [5, 5.41) is 6.87. The van der Waals surface area contributed by atoms with Crippen LogP contribution in [0.15, 0.2) is 36.9 Å². The largest absolute Gasteiger partial charge is 0.327 e. The molecule has 106 valence electrons. The Labute approximate surface area is 118 Å². The van der Waals surface area contributed by atoms with Crippen molar-refractivity contribution in [1.82, 2.24) is 14.8 Å². The second kappa shape index (κ2) is 6.29. The lowest BCUT2D eigenvalue weighted by Gasteiger charge is -2.15. The molecule has 1 atom stereocenters. The quantitative estimate of drug-likeness (QED) is 0.866. The Morgan fingerprint density at radius 2 is 2.05 bits per heavy atom. The average molecular weight is 273 g/mol. The highest BCUT2D eigenvalue weighted by molar-refractivity contribution is 5.91. The van der Waals surface area contributed by atoms with E-state index in [1.165, 1.54) is 6.33 Å². The van der Waals surface area contributed by atoms with Gasteiger partial charge in [-0.1, -0.05) is 13.8 Å². The monoisotopic (exact) mass is 273 g/mol. The molecule has 0 spiro atoms. The zero-order chi connectivity index (χ0) is 14.5. The second-order valence-corrected chi connectivity index (χ2v) is 5.05. The number of nitrogens with zero attached hydrogens (tertiary/aromatic N) is 3. The van der Waals surface area contributed by atoms with Crippen molar-refractivity contribution in [2.45, 2.75) is 26.3 Å². The molecule has 3 N–H and O–H groups in total. The molecule has 1 heterocycles. The van der Waals surface area contributed by atoms with Crippen molar-refractivity contribution in [1.29, 1.82) is 0 Å². The van der Waals surface area contributed by atoms with Gasteiger partial charge in [0.15, 0.2) is 0 Å². The number of amides is 1. The van der Waals surface area contributed by atoms with Gasteiger partial charge in [0.25, 0.3) is 0 Å². The standard InChI is InChI=1S/C14H19N5O/c1-10(2)13(15)7-14(20)18-11-3-5-12(6-4-11)19-9-16-8-17-19/h3-6,8-10,13H,7,15H2,1-2H3,(H,18,20). The molecule has 1 aromatic heterocycles. The maximum atomic E-state index is 11.8. The molecule has 0 bridgehead atoms. The van der Waals surface area contributed by atoms with Crippen molar-refractivity contribution in [2.24, 2.45) is 11.7 Å². The van der Waals surface area contributed by atoms with Gasteiger partial charge >= 0.3 is 0 Å². The zero-order valence-electron chi connectivity index (χ0n) is 11.7. The number of nitrogens with two attached hydrogens (primary N) is 1. The van der Waals surface area contributed by atoms with Crippen LogP contribution < -0.4 is 11.1 Å². The first-order chi connectivity index (χ1) is 9.56. The number of hydrogen-bond donors (Lipinski definition) is 2. The number of benzene rings is 1. The molecule has 6 heteroatoms. The van der Waals surface area contributed by atoms with E-state index in [1.54, 1.807) is 11.0 Å². The lowest BCUT2D eigenvalue weighted by atomic mass is 10.0. The number of hydrogen-bond acceptors (Lipinski definition) is 4. The van der Waals surface area contributed by atoms with Crippen LogP contribution in [-0.2, 0) is 4.79 Å². The van der Waals surface area contributed by atoms with Gasteiger partial charge in [-0.2, -0.15) is 5.10 Å². The summed E-state index contributed by atoms with van der Waals surface area (Å²) in [7, 11) is 0. The van der Waals surface area contributed by atoms with Crippen LogP contribution in [0.3, 0.4) is 0 Å². The van der Waals surface area contributed by atoms with Gasteiger partial charge in [-0.3, -0.25) is 4.79 Å². The number of carbonyl (C=O) groups is 1. The van der Waals surface area contributed by atoms with E-state index in [9.17, 15) is 4.79 Å². The maximum Gasteiger partial charge on any atom is 0.225 e. The van der Waals surface area contributed by atoms with E-state index in [2.05, 4.69) is 15.4 Å². The van der Waals surface area contributed by atoms with Crippen LogP contribution in [-0.4, -0.2) is 26.7 Å². The normalized spacial score (nSPS) is 12.4. The van der Waals surface area contributed by atoms with Gasteiger partial charge in [0.2, 0.25) is 5.91 Å². The second-order valence-electron chi connectivity index (χ2n) is 5.05. The van der Waals surface area contributed by atoms with Gasteiger partial charge in [0.05, 0.1) is 5.69 Å². The van der Waals surface area contributed by atoms with Crippen molar-refractivity contribution in [3.63, 3.8) is 0 Å². The SMILES string of the molecule is CC(C)C(N)CC(=O)Nc1ccc(-n2cncn2)cc1. The fraction of sp³-hybridized carbons (Fsp3) is 0.357. The van der Waals surface area contributed by atoms with E-state index >= 15 is 0 Å². The molecule has 0 saturated carbocycles. The molecule has 0 aliphatic heterocycles. The molecule has 1 aromatic carbocycles. The molecule has 6 nitrogen and oxygen atoms in total. The Hall–Kier alpha value is -2.21. The molecule has 0 aliphatic carbocycles. The molecule has 2 rings (SSSR count). The van der Waals surface area contributed by atoms with E-state index in [-0.39, 0.29) is 17.9 Å². The number of nitrogens with one attached hydrogen (secondary N) is 1. The average Bonchev–Trinajstić information content (AvgIpc) is 2.93. The third kappa shape index (κ3) is 3.64. The molecule has 0 radical (unpaired) electrons. The summed E-state index contributed by atoms with van der Waals surface area (Å²) in [5.41, 5.74) is 7.51. The van der Waals surface area contributed by atoms with Crippen molar-refractivity contribution < 1.29 is 4.79 Å². The molecular formula is C14H19N5O. The molecule has 1 amide bonds. The summed E-state index contributed by atoms with van der Waals surface area (Å²) in [6.07, 6.45) is 3.42. The van der Waals surface area contributed by atoms with E-state index in [4.69, 9.17) is 5.73 Å². The zero-order valence-corrected chi connectivity index (χ0v) is 11.7.